The minimum Gasteiger partial charge on any atom is -0.434 e. The first kappa shape index (κ1) is 18.4. The van der Waals surface area contributed by atoms with Gasteiger partial charge < -0.3 is 10.1 Å². The van der Waals surface area contributed by atoms with Crippen LogP contribution in [0, 0.1) is 11.3 Å². The zero-order chi connectivity index (χ0) is 18.2. The summed E-state index contributed by atoms with van der Waals surface area (Å²) in [7, 11) is 0. The van der Waals surface area contributed by atoms with E-state index in [9.17, 15) is 18.8 Å². The average Bonchev–Trinajstić information content (AvgIpc) is 2.59. The third-order valence-electron chi connectivity index (χ3n) is 3.17. The summed E-state index contributed by atoms with van der Waals surface area (Å²) in [6, 6.07) is 14.5. The Morgan fingerprint density at radius 3 is 2.56 bits per heavy atom. The number of nitriles is 1. The number of para-hydroxylation sites is 1. The normalized spacial score (nSPS) is 11.1. The fourth-order valence-electron chi connectivity index (χ4n) is 1.99. The standard InChI is InChI=1S/C18H13ClF2N2O2/c19-15-7-5-12(6-8-15)11-23-17(24)14(10-22)9-13-3-1-2-4-16(13)25-18(20)21/h1-9,18H,11H2,(H,23,24)/b14-9-. The van der Waals surface area contributed by atoms with Crippen LogP contribution in [0.5, 0.6) is 5.75 Å². The topological polar surface area (TPSA) is 62.1 Å². The Morgan fingerprint density at radius 1 is 1.24 bits per heavy atom. The molecule has 1 amide bonds. The quantitative estimate of drug-likeness (QED) is 0.620. The van der Waals surface area contributed by atoms with Gasteiger partial charge in [0, 0.05) is 17.1 Å². The van der Waals surface area contributed by atoms with E-state index in [4.69, 9.17) is 11.6 Å². The lowest BCUT2D eigenvalue weighted by Crippen LogP contribution is -2.23. The second-order valence-corrected chi connectivity index (χ2v) is 5.33. The SMILES string of the molecule is N#C/C(=C/c1ccccc1OC(F)F)C(=O)NCc1ccc(Cl)cc1. The number of nitrogens with one attached hydrogen (secondary N) is 1. The maximum atomic E-state index is 12.4. The van der Waals surface area contributed by atoms with Crippen LogP contribution in [0.15, 0.2) is 54.1 Å². The molecule has 0 atom stereocenters. The van der Waals surface area contributed by atoms with E-state index in [1.54, 1.807) is 36.4 Å². The number of hydrogen-bond acceptors (Lipinski definition) is 3. The van der Waals surface area contributed by atoms with E-state index in [1.165, 1.54) is 24.3 Å². The molecule has 0 bridgehead atoms. The van der Waals surface area contributed by atoms with Gasteiger partial charge >= 0.3 is 6.61 Å². The molecule has 0 heterocycles. The van der Waals surface area contributed by atoms with Gasteiger partial charge in [-0.3, -0.25) is 4.79 Å². The van der Waals surface area contributed by atoms with Crippen LogP contribution < -0.4 is 10.1 Å². The van der Waals surface area contributed by atoms with Crippen LogP contribution in [0.1, 0.15) is 11.1 Å². The third-order valence-corrected chi connectivity index (χ3v) is 3.42. The van der Waals surface area contributed by atoms with Crippen LogP contribution in [0.2, 0.25) is 5.02 Å². The van der Waals surface area contributed by atoms with E-state index >= 15 is 0 Å². The second kappa shape index (κ2) is 8.81. The fraction of sp³-hybridized carbons (Fsp3) is 0.111. The molecule has 128 valence electrons. The Morgan fingerprint density at radius 2 is 1.92 bits per heavy atom. The molecule has 0 saturated carbocycles. The Balaban J connectivity index is 2.13. The van der Waals surface area contributed by atoms with Crippen molar-refractivity contribution < 1.29 is 18.3 Å². The van der Waals surface area contributed by atoms with Crippen molar-refractivity contribution in [1.29, 1.82) is 5.26 Å². The Bertz CT molecular complexity index is 815. The van der Waals surface area contributed by atoms with Gasteiger partial charge in [0.15, 0.2) is 0 Å². The maximum Gasteiger partial charge on any atom is 0.387 e. The molecule has 0 aliphatic heterocycles. The van der Waals surface area contributed by atoms with Crippen molar-refractivity contribution in [2.24, 2.45) is 0 Å². The van der Waals surface area contributed by atoms with Gasteiger partial charge in [0.2, 0.25) is 0 Å². The van der Waals surface area contributed by atoms with Crippen LogP contribution in [-0.4, -0.2) is 12.5 Å². The van der Waals surface area contributed by atoms with Crippen molar-refractivity contribution in [3.8, 4) is 11.8 Å². The molecule has 0 radical (unpaired) electrons. The molecule has 25 heavy (non-hydrogen) atoms. The van der Waals surface area contributed by atoms with Crippen LogP contribution in [0.3, 0.4) is 0 Å². The molecule has 2 aromatic carbocycles. The first-order valence-electron chi connectivity index (χ1n) is 7.18. The highest BCUT2D eigenvalue weighted by Crippen LogP contribution is 2.22. The largest absolute Gasteiger partial charge is 0.434 e. The molecule has 2 aromatic rings. The molecule has 0 aliphatic carbocycles. The molecule has 7 heteroatoms. The summed E-state index contributed by atoms with van der Waals surface area (Å²) in [5, 5.41) is 12.3. The highest BCUT2D eigenvalue weighted by molar-refractivity contribution is 6.30. The highest BCUT2D eigenvalue weighted by atomic mass is 35.5. The smallest absolute Gasteiger partial charge is 0.387 e. The summed E-state index contributed by atoms with van der Waals surface area (Å²) in [6.45, 7) is -2.80. The number of rotatable bonds is 6. The summed E-state index contributed by atoms with van der Waals surface area (Å²) >= 11 is 5.78. The molecule has 0 aromatic heterocycles. The highest BCUT2D eigenvalue weighted by Gasteiger charge is 2.12. The monoisotopic (exact) mass is 362 g/mol. The van der Waals surface area contributed by atoms with Gasteiger partial charge in [-0.05, 0) is 29.8 Å². The van der Waals surface area contributed by atoms with Gasteiger partial charge in [-0.1, -0.05) is 41.9 Å². The number of carbonyl (C=O) groups is 1. The summed E-state index contributed by atoms with van der Waals surface area (Å²) in [5.74, 6) is -0.736. The number of alkyl halides is 2. The zero-order valence-electron chi connectivity index (χ0n) is 12.9. The van der Waals surface area contributed by atoms with Crippen molar-refractivity contribution in [3.63, 3.8) is 0 Å². The summed E-state index contributed by atoms with van der Waals surface area (Å²) in [4.78, 5) is 12.1. The van der Waals surface area contributed by atoms with Gasteiger partial charge in [0.1, 0.15) is 17.4 Å². The van der Waals surface area contributed by atoms with Gasteiger partial charge in [-0.2, -0.15) is 14.0 Å². The molecule has 4 nitrogen and oxygen atoms in total. The number of nitrogens with zero attached hydrogens (tertiary/aromatic N) is 1. The van der Waals surface area contributed by atoms with Crippen molar-refractivity contribution in [2.45, 2.75) is 13.2 Å². The summed E-state index contributed by atoms with van der Waals surface area (Å²) < 4.78 is 29.2. The lowest BCUT2D eigenvalue weighted by atomic mass is 10.1. The molecular weight excluding hydrogens is 350 g/mol. The van der Waals surface area contributed by atoms with Crippen molar-refractivity contribution >= 4 is 23.6 Å². The fourth-order valence-corrected chi connectivity index (χ4v) is 2.11. The summed E-state index contributed by atoms with van der Waals surface area (Å²) in [6.07, 6.45) is 1.20. The second-order valence-electron chi connectivity index (χ2n) is 4.90. The average molecular weight is 363 g/mol. The number of carbonyl (C=O) groups excluding carboxylic acids is 1. The number of halogens is 3. The molecule has 0 saturated heterocycles. The van der Waals surface area contributed by atoms with Crippen LogP contribution in [0.4, 0.5) is 8.78 Å². The van der Waals surface area contributed by atoms with E-state index in [0.29, 0.717) is 5.02 Å². The van der Waals surface area contributed by atoms with Gasteiger partial charge in [0.25, 0.3) is 5.91 Å². The number of hydrogen-bond donors (Lipinski definition) is 1. The van der Waals surface area contributed by atoms with Gasteiger partial charge in [-0.15, -0.1) is 0 Å². The number of amides is 1. The zero-order valence-corrected chi connectivity index (χ0v) is 13.6. The van der Waals surface area contributed by atoms with E-state index in [1.807, 2.05) is 0 Å². The molecule has 2 rings (SSSR count). The first-order valence-corrected chi connectivity index (χ1v) is 7.55. The predicted octanol–water partition coefficient (Wildman–Crippen LogP) is 4.16. The maximum absolute atomic E-state index is 12.4. The van der Waals surface area contributed by atoms with Crippen LogP contribution >= 0.6 is 11.6 Å². The third kappa shape index (κ3) is 5.59. The predicted molar refractivity (Wildman–Crippen MR) is 90.0 cm³/mol. The van der Waals surface area contributed by atoms with Crippen LogP contribution in [-0.2, 0) is 11.3 Å². The minimum atomic E-state index is -3.00. The van der Waals surface area contributed by atoms with E-state index in [2.05, 4.69) is 10.1 Å². The molecule has 1 N–H and O–H groups in total. The van der Waals surface area contributed by atoms with E-state index < -0.39 is 12.5 Å². The van der Waals surface area contributed by atoms with Crippen molar-refractivity contribution in [2.75, 3.05) is 0 Å². The molecule has 0 fully saturated rings. The molecule has 0 spiro atoms. The Labute approximate surface area is 148 Å². The van der Waals surface area contributed by atoms with E-state index in [0.717, 1.165) is 5.56 Å². The number of benzene rings is 2. The van der Waals surface area contributed by atoms with E-state index in [-0.39, 0.29) is 23.4 Å². The van der Waals surface area contributed by atoms with Crippen LogP contribution in [0.25, 0.3) is 6.08 Å². The number of ether oxygens (including phenoxy) is 1. The van der Waals surface area contributed by atoms with Gasteiger partial charge in [-0.25, -0.2) is 0 Å². The molecular formula is C18H13ClF2N2O2. The van der Waals surface area contributed by atoms with Crippen molar-refractivity contribution in [3.05, 3.63) is 70.3 Å². The first-order chi connectivity index (χ1) is 12.0. The Kier molecular flexibility index (Phi) is 6.49. The Hall–Kier alpha value is -2.91. The minimum absolute atomic E-state index is 0.115. The van der Waals surface area contributed by atoms with Gasteiger partial charge in [0.05, 0.1) is 0 Å². The lowest BCUT2D eigenvalue weighted by Gasteiger charge is -2.08. The van der Waals surface area contributed by atoms with Crippen molar-refractivity contribution in [1.82, 2.24) is 5.32 Å². The molecule has 0 aliphatic rings. The lowest BCUT2D eigenvalue weighted by molar-refractivity contribution is -0.117. The molecule has 0 unspecified atom stereocenters. The summed E-state index contributed by atoms with van der Waals surface area (Å²) in [5.41, 5.74) is 0.789.